The Morgan fingerprint density at radius 3 is 2.41 bits per heavy atom. The summed E-state index contributed by atoms with van der Waals surface area (Å²) < 4.78 is 5.10. The van der Waals surface area contributed by atoms with Crippen molar-refractivity contribution in [3.8, 4) is 11.8 Å². The van der Waals surface area contributed by atoms with Crippen molar-refractivity contribution in [1.29, 1.82) is 0 Å². The van der Waals surface area contributed by atoms with Crippen molar-refractivity contribution in [2.24, 2.45) is 0 Å². The quantitative estimate of drug-likeness (QED) is 0.455. The van der Waals surface area contributed by atoms with E-state index >= 15 is 0 Å². The zero-order valence-corrected chi connectivity index (χ0v) is 10.1. The van der Waals surface area contributed by atoms with Crippen LogP contribution >= 0.6 is 0 Å². The van der Waals surface area contributed by atoms with Crippen LogP contribution in [0.5, 0.6) is 0 Å². The number of rotatable bonds is 3. The van der Waals surface area contributed by atoms with Crippen molar-refractivity contribution in [2.75, 3.05) is 0 Å². The van der Waals surface area contributed by atoms with Crippen molar-refractivity contribution >= 4 is 11.8 Å². The Bertz CT molecular complexity index is 492. The van der Waals surface area contributed by atoms with Gasteiger partial charge >= 0.3 is 5.97 Å². The van der Waals surface area contributed by atoms with Gasteiger partial charge in [-0.2, -0.15) is 0 Å². The van der Waals surface area contributed by atoms with E-state index < -0.39 is 12.1 Å². The largest absolute Gasteiger partial charge is 0.444 e. The molecule has 1 aromatic rings. The maximum atomic E-state index is 11.5. The summed E-state index contributed by atoms with van der Waals surface area (Å²) in [7, 11) is 0. The molecule has 0 amide bonds. The Balaban J connectivity index is 3.20. The second-order valence-electron chi connectivity index (χ2n) is 3.53. The highest BCUT2D eigenvalue weighted by Gasteiger charge is 2.17. The first kappa shape index (κ1) is 13.0. The molecule has 1 aromatic carbocycles. The van der Waals surface area contributed by atoms with Gasteiger partial charge in [-0.15, -0.1) is 5.92 Å². The van der Waals surface area contributed by atoms with Gasteiger partial charge in [-0.1, -0.05) is 30.2 Å². The Kier molecular flexibility index (Phi) is 4.47. The molecule has 0 aliphatic carbocycles. The van der Waals surface area contributed by atoms with Crippen LogP contribution in [-0.4, -0.2) is 11.8 Å². The highest BCUT2D eigenvalue weighted by molar-refractivity contribution is 5.95. The van der Waals surface area contributed by atoms with E-state index in [0.29, 0.717) is 11.1 Å². The van der Waals surface area contributed by atoms with E-state index in [0.717, 1.165) is 0 Å². The minimum Gasteiger partial charge on any atom is -0.444 e. The smallest absolute Gasteiger partial charge is 0.304 e. The summed E-state index contributed by atoms with van der Waals surface area (Å²) in [6.45, 7) is 4.45. The summed E-state index contributed by atoms with van der Waals surface area (Å²) >= 11 is 0. The van der Waals surface area contributed by atoms with Crippen LogP contribution in [0.3, 0.4) is 0 Å². The molecule has 1 atom stereocenters. The number of carbonyl (C=O) groups is 2. The van der Waals surface area contributed by atoms with Gasteiger partial charge in [0.05, 0.1) is 0 Å². The molecule has 0 aromatic heterocycles. The molecule has 0 N–H and O–H groups in total. The van der Waals surface area contributed by atoms with E-state index in [1.54, 1.807) is 31.2 Å². The molecule has 0 radical (unpaired) electrons. The average molecular weight is 230 g/mol. The van der Waals surface area contributed by atoms with Crippen molar-refractivity contribution < 1.29 is 14.3 Å². The summed E-state index contributed by atoms with van der Waals surface area (Å²) in [4.78, 5) is 22.5. The molecule has 0 aliphatic heterocycles. The maximum absolute atomic E-state index is 11.5. The minimum absolute atomic E-state index is 0.0735. The predicted octanol–water partition coefficient (Wildman–Crippen LogP) is 2.52. The molecular weight excluding hydrogens is 216 g/mol. The van der Waals surface area contributed by atoms with E-state index in [-0.39, 0.29) is 5.78 Å². The van der Waals surface area contributed by atoms with E-state index in [1.165, 1.54) is 13.8 Å². The normalized spacial score (nSPS) is 11.0. The van der Waals surface area contributed by atoms with Crippen molar-refractivity contribution in [3.05, 3.63) is 35.4 Å². The second kappa shape index (κ2) is 5.86. The zero-order valence-electron chi connectivity index (χ0n) is 10.1. The van der Waals surface area contributed by atoms with Gasteiger partial charge in [0.2, 0.25) is 0 Å². The van der Waals surface area contributed by atoms with Crippen molar-refractivity contribution in [2.45, 2.75) is 26.9 Å². The van der Waals surface area contributed by atoms with Crippen LogP contribution in [0.4, 0.5) is 0 Å². The molecule has 0 heterocycles. The van der Waals surface area contributed by atoms with Gasteiger partial charge in [0.25, 0.3) is 0 Å². The van der Waals surface area contributed by atoms with E-state index in [4.69, 9.17) is 4.74 Å². The Morgan fingerprint density at radius 1 is 1.24 bits per heavy atom. The third-order valence-corrected chi connectivity index (χ3v) is 2.18. The number of carbonyl (C=O) groups excluding carboxylic acids is 2. The lowest BCUT2D eigenvalue weighted by Crippen LogP contribution is -2.10. The molecular formula is C14H14O3. The highest BCUT2D eigenvalue weighted by Crippen LogP contribution is 2.21. The molecule has 0 bridgehead atoms. The maximum Gasteiger partial charge on any atom is 0.304 e. The Hall–Kier alpha value is -2.08. The molecule has 17 heavy (non-hydrogen) atoms. The SMILES string of the molecule is CC#CC(OC(C)=O)c1ccccc1C(C)=O. The first-order valence-electron chi connectivity index (χ1n) is 5.25. The van der Waals surface area contributed by atoms with E-state index in [1.807, 2.05) is 0 Å². The van der Waals surface area contributed by atoms with Gasteiger partial charge in [-0.3, -0.25) is 9.59 Å². The van der Waals surface area contributed by atoms with Crippen LogP contribution in [0.15, 0.2) is 24.3 Å². The second-order valence-corrected chi connectivity index (χ2v) is 3.53. The number of hydrogen-bond donors (Lipinski definition) is 0. The standard InChI is InChI=1S/C14H14O3/c1-4-7-14(17-11(3)16)13-9-6-5-8-12(13)10(2)15/h5-6,8-9,14H,1-3H3. The van der Waals surface area contributed by atoms with Gasteiger partial charge in [-0.05, 0) is 13.8 Å². The summed E-state index contributed by atoms with van der Waals surface area (Å²) in [5.74, 6) is 4.99. The first-order chi connectivity index (χ1) is 8.06. The van der Waals surface area contributed by atoms with Crippen molar-refractivity contribution in [1.82, 2.24) is 0 Å². The highest BCUT2D eigenvalue weighted by atomic mass is 16.5. The molecule has 3 nitrogen and oxygen atoms in total. The summed E-state index contributed by atoms with van der Waals surface area (Å²) in [5, 5.41) is 0. The van der Waals surface area contributed by atoms with Gasteiger partial charge in [0.1, 0.15) is 0 Å². The zero-order chi connectivity index (χ0) is 12.8. The fourth-order valence-electron chi connectivity index (χ4n) is 1.51. The van der Waals surface area contributed by atoms with Crippen LogP contribution in [0.2, 0.25) is 0 Å². The summed E-state index contributed by atoms with van der Waals surface area (Å²) in [5.41, 5.74) is 1.16. The minimum atomic E-state index is -0.683. The lowest BCUT2D eigenvalue weighted by Gasteiger charge is -2.14. The summed E-state index contributed by atoms with van der Waals surface area (Å²) in [6.07, 6.45) is -0.683. The first-order valence-corrected chi connectivity index (χ1v) is 5.25. The Morgan fingerprint density at radius 2 is 1.88 bits per heavy atom. The number of ketones is 1. The molecule has 0 saturated heterocycles. The number of esters is 1. The lowest BCUT2D eigenvalue weighted by atomic mass is 10.00. The Labute approximate surface area is 101 Å². The van der Waals surface area contributed by atoms with Crippen LogP contribution in [-0.2, 0) is 9.53 Å². The molecule has 3 heteroatoms. The molecule has 1 rings (SSSR count). The molecule has 1 unspecified atom stereocenters. The molecule has 0 aliphatic rings. The van der Waals surface area contributed by atoms with Gasteiger partial charge in [0.15, 0.2) is 11.9 Å². The fourth-order valence-corrected chi connectivity index (χ4v) is 1.51. The average Bonchev–Trinajstić information content (AvgIpc) is 2.28. The fraction of sp³-hybridized carbons (Fsp3) is 0.286. The molecule has 88 valence electrons. The van der Waals surface area contributed by atoms with E-state index in [2.05, 4.69) is 11.8 Å². The number of ether oxygens (including phenoxy) is 1. The van der Waals surface area contributed by atoms with Crippen LogP contribution in [0.1, 0.15) is 42.8 Å². The monoisotopic (exact) mass is 230 g/mol. The van der Waals surface area contributed by atoms with Gasteiger partial charge in [-0.25, -0.2) is 0 Å². The van der Waals surface area contributed by atoms with Crippen LogP contribution < -0.4 is 0 Å². The molecule has 0 spiro atoms. The topological polar surface area (TPSA) is 43.4 Å². The van der Waals surface area contributed by atoms with Gasteiger partial charge in [0, 0.05) is 18.1 Å². The summed E-state index contributed by atoms with van der Waals surface area (Å²) in [6, 6.07) is 7.00. The van der Waals surface area contributed by atoms with Crippen molar-refractivity contribution in [3.63, 3.8) is 0 Å². The van der Waals surface area contributed by atoms with E-state index in [9.17, 15) is 9.59 Å². The number of benzene rings is 1. The van der Waals surface area contributed by atoms with Gasteiger partial charge < -0.3 is 4.74 Å². The lowest BCUT2D eigenvalue weighted by molar-refractivity contribution is -0.144. The third kappa shape index (κ3) is 3.46. The molecule has 0 fully saturated rings. The number of Topliss-reactive ketones (excluding diaryl/α,β-unsaturated/α-hetero) is 1. The third-order valence-electron chi connectivity index (χ3n) is 2.18. The number of hydrogen-bond acceptors (Lipinski definition) is 3. The van der Waals surface area contributed by atoms with Crippen LogP contribution in [0.25, 0.3) is 0 Å². The molecule has 0 saturated carbocycles. The van der Waals surface area contributed by atoms with Crippen LogP contribution in [0, 0.1) is 11.8 Å². The predicted molar refractivity (Wildman–Crippen MR) is 64.4 cm³/mol.